The third-order valence-electron chi connectivity index (χ3n) is 2.25. The van der Waals surface area contributed by atoms with Gasteiger partial charge in [0.2, 0.25) is 0 Å². The van der Waals surface area contributed by atoms with Crippen molar-refractivity contribution in [2.24, 2.45) is 0 Å². The second-order valence-electron chi connectivity index (χ2n) is 3.65. The number of halogens is 2. The standard InChI is InChI=1S/C12H12Br2O5/c1-6(15)19-9-5-7(3-4-8(9)18-2)10(13)11(14)12(16)17/h3-5,10-11H,1-2H3,(H,16,17). The van der Waals surface area contributed by atoms with E-state index in [9.17, 15) is 9.59 Å². The van der Waals surface area contributed by atoms with Crippen LogP contribution in [0, 0.1) is 0 Å². The number of aliphatic carboxylic acids is 1. The maximum Gasteiger partial charge on any atom is 0.318 e. The van der Waals surface area contributed by atoms with Gasteiger partial charge in [-0.1, -0.05) is 37.9 Å². The van der Waals surface area contributed by atoms with Crippen LogP contribution in [0.25, 0.3) is 0 Å². The van der Waals surface area contributed by atoms with E-state index >= 15 is 0 Å². The first-order valence-electron chi connectivity index (χ1n) is 5.24. The largest absolute Gasteiger partial charge is 0.493 e. The summed E-state index contributed by atoms with van der Waals surface area (Å²) in [5.41, 5.74) is 0.654. The molecule has 0 saturated carbocycles. The van der Waals surface area contributed by atoms with E-state index in [1.165, 1.54) is 14.0 Å². The van der Waals surface area contributed by atoms with Crippen LogP contribution in [0.2, 0.25) is 0 Å². The molecule has 0 aliphatic heterocycles. The first-order valence-corrected chi connectivity index (χ1v) is 7.07. The topological polar surface area (TPSA) is 72.8 Å². The first-order chi connectivity index (χ1) is 8.86. The lowest BCUT2D eigenvalue weighted by Crippen LogP contribution is -2.18. The molecule has 5 nitrogen and oxygen atoms in total. The molecule has 0 aliphatic carbocycles. The van der Waals surface area contributed by atoms with E-state index in [2.05, 4.69) is 31.9 Å². The van der Waals surface area contributed by atoms with Gasteiger partial charge in [-0.3, -0.25) is 9.59 Å². The number of ether oxygens (including phenoxy) is 2. The average Bonchev–Trinajstić information content (AvgIpc) is 2.36. The fraction of sp³-hybridized carbons (Fsp3) is 0.333. The number of benzene rings is 1. The van der Waals surface area contributed by atoms with Crippen LogP contribution in [0.1, 0.15) is 17.3 Å². The van der Waals surface area contributed by atoms with Crippen LogP contribution >= 0.6 is 31.9 Å². The number of carbonyl (C=O) groups is 2. The highest BCUT2D eigenvalue weighted by Gasteiger charge is 2.25. The van der Waals surface area contributed by atoms with Crippen molar-refractivity contribution in [2.75, 3.05) is 7.11 Å². The van der Waals surface area contributed by atoms with Crippen LogP contribution in [0.15, 0.2) is 18.2 Å². The minimum absolute atomic E-state index is 0.252. The summed E-state index contributed by atoms with van der Waals surface area (Å²) < 4.78 is 10.1. The molecule has 0 radical (unpaired) electrons. The highest BCUT2D eigenvalue weighted by atomic mass is 79.9. The molecule has 2 atom stereocenters. The second kappa shape index (κ2) is 6.91. The molecule has 0 saturated heterocycles. The fourth-order valence-corrected chi connectivity index (χ4v) is 2.21. The molecular formula is C12H12Br2O5. The minimum Gasteiger partial charge on any atom is -0.493 e. The summed E-state index contributed by atoms with van der Waals surface area (Å²) in [7, 11) is 1.46. The SMILES string of the molecule is COc1ccc(C(Br)C(Br)C(=O)O)cc1OC(C)=O. The Hall–Kier alpha value is -1.08. The maximum absolute atomic E-state index is 11.0. The number of esters is 1. The van der Waals surface area contributed by atoms with Crippen molar-refractivity contribution in [3.63, 3.8) is 0 Å². The molecule has 1 N–H and O–H groups in total. The third kappa shape index (κ3) is 4.21. The van der Waals surface area contributed by atoms with Gasteiger partial charge < -0.3 is 14.6 Å². The highest BCUT2D eigenvalue weighted by molar-refractivity contribution is 9.12. The number of methoxy groups -OCH3 is 1. The molecule has 0 aromatic heterocycles. The molecule has 104 valence electrons. The van der Waals surface area contributed by atoms with Gasteiger partial charge in [-0.25, -0.2) is 0 Å². The van der Waals surface area contributed by atoms with E-state index < -0.39 is 21.6 Å². The Morgan fingerprint density at radius 2 is 1.89 bits per heavy atom. The van der Waals surface area contributed by atoms with Crippen molar-refractivity contribution in [3.05, 3.63) is 23.8 Å². The summed E-state index contributed by atoms with van der Waals surface area (Å²) in [4.78, 5) is 20.7. The molecule has 0 fully saturated rings. The van der Waals surface area contributed by atoms with Crippen LogP contribution in [0.3, 0.4) is 0 Å². The van der Waals surface area contributed by atoms with Gasteiger partial charge in [-0.2, -0.15) is 0 Å². The lowest BCUT2D eigenvalue weighted by molar-refractivity contribution is -0.136. The number of hydrogen-bond acceptors (Lipinski definition) is 4. The Bertz CT molecular complexity index is 489. The Kier molecular flexibility index (Phi) is 5.81. The van der Waals surface area contributed by atoms with Crippen molar-refractivity contribution in [2.45, 2.75) is 16.6 Å². The Balaban J connectivity index is 3.10. The van der Waals surface area contributed by atoms with Gasteiger partial charge in [0.15, 0.2) is 11.5 Å². The normalized spacial score (nSPS) is 13.5. The molecule has 0 spiro atoms. The molecule has 1 aromatic rings. The number of alkyl halides is 2. The van der Waals surface area contributed by atoms with E-state index in [-0.39, 0.29) is 5.75 Å². The predicted molar refractivity (Wildman–Crippen MR) is 76.3 cm³/mol. The van der Waals surface area contributed by atoms with E-state index in [1.54, 1.807) is 18.2 Å². The van der Waals surface area contributed by atoms with Gasteiger partial charge in [0.1, 0.15) is 4.83 Å². The van der Waals surface area contributed by atoms with E-state index in [1.807, 2.05) is 0 Å². The molecule has 2 unspecified atom stereocenters. The highest BCUT2D eigenvalue weighted by Crippen LogP contribution is 2.36. The number of carbonyl (C=O) groups excluding carboxylic acids is 1. The van der Waals surface area contributed by atoms with Crippen molar-refractivity contribution >= 4 is 43.8 Å². The number of rotatable bonds is 5. The Morgan fingerprint density at radius 3 is 2.37 bits per heavy atom. The summed E-state index contributed by atoms with van der Waals surface area (Å²) in [6.45, 7) is 1.28. The summed E-state index contributed by atoms with van der Waals surface area (Å²) in [6, 6.07) is 4.88. The van der Waals surface area contributed by atoms with Gasteiger partial charge in [-0.05, 0) is 17.7 Å². The zero-order chi connectivity index (χ0) is 14.6. The summed E-state index contributed by atoms with van der Waals surface area (Å²) in [5, 5.41) is 8.94. The van der Waals surface area contributed by atoms with Gasteiger partial charge in [0.25, 0.3) is 0 Å². The molecular weight excluding hydrogens is 384 g/mol. The van der Waals surface area contributed by atoms with Gasteiger partial charge in [-0.15, -0.1) is 0 Å². The molecule has 19 heavy (non-hydrogen) atoms. The van der Waals surface area contributed by atoms with Crippen molar-refractivity contribution in [1.29, 1.82) is 0 Å². The van der Waals surface area contributed by atoms with Gasteiger partial charge in [0.05, 0.1) is 11.9 Å². The summed E-state index contributed by atoms with van der Waals surface area (Å²) in [5.74, 6) is -0.816. The molecule has 1 rings (SSSR count). The smallest absolute Gasteiger partial charge is 0.318 e. The number of hydrogen-bond donors (Lipinski definition) is 1. The molecule has 0 bridgehead atoms. The molecule has 1 aromatic carbocycles. The van der Waals surface area contributed by atoms with Crippen molar-refractivity contribution < 1.29 is 24.2 Å². The second-order valence-corrected chi connectivity index (χ2v) is 5.62. The predicted octanol–water partition coefficient (Wildman–Crippen LogP) is 2.90. The Labute approximate surface area is 127 Å². The Morgan fingerprint density at radius 1 is 1.26 bits per heavy atom. The average molecular weight is 396 g/mol. The van der Waals surface area contributed by atoms with Crippen LogP contribution in [0.4, 0.5) is 0 Å². The zero-order valence-electron chi connectivity index (χ0n) is 10.2. The summed E-state index contributed by atoms with van der Waals surface area (Å²) in [6.07, 6.45) is 0. The lowest BCUT2D eigenvalue weighted by atomic mass is 10.1. The monoisotopic (exact) mass is 394 g/mol. The molecule has 7 heteroatoms. The van der Waals surface area contributed by atoms with Crippen molar-refractivity contribution in [3.8, 4) is 11.5 Å². The van der Waals surface area contributed by atoms with Crippen LogP contribution in [-0.4, -0.2) is 29.0 Å². The maximum atomic E-state index is 11.0. The fourth-order valence-electron chi connectivity index (χ4n) is 1.39. The zero-order valence-corrected chi connectivity index (χ0v) is 13.4. The van der Waals surface area contributed by atoms with Crippen LogP contribution < -0.4 is 9.47 Å². The summed E-state index contributed by atoms with van der Waals surface area (Å²) >= 11 is 6.36. The lowest BCUT2D eigenvalue weighted by Gasteiger charge is -2.15. The number of carboxylic acids is 1. The third-order valence-corrected chi connectivity index (χ3v) is 4.94. The molecule has 0 amide bonds. The van der Waals surface area contributed by atoms with Crippen LogP contribution in [-0.2, 0) is 9.59 Å². The van der Waals surface area contributed by atoms with Gasteiger partial charge in [0, 0.05) is 6.92 Å². The van der Waals surface area contributed by atoms with E-state index in [4.69, 9.17) is 14.6 Å². The molecule has 0 heterocycles. The van der Waals surface area contributed by atoms with Crippen molar-refractivity contribution in [1.82, 2.24) is 0 Å². The van der Waals surface area contributed by atoms with Crippen LogP contribution in [0.5, 0.6) is 11.5 Å². The quantitative estimate of drug-likeness (QED) is 0.471. The van der Waals surface area contributed by atoms with E-state index in [0.29, 0.717) is 11.3 Å². The molecule has 0 aliphatic rings. The minimum atomic E-state index is -0.994. The van der Waals surface area contributed by atoms with E-state index in [0.717, 1.165) is 0 Å². The number of carboxylic acid groups (broad SMARTS) is 1. The van der Waals surface area contributed by atoms with Gasteiger partial charge >= 0.3 is 11.9 Å². The first kappa shape index (κ1) is 16.0.